The monoisotopic (exact) mass is 579 g/mol. The number of esters is 1. The highest BCUT2D eigenvalue weighted by Gasteiger charge is 2.32. The number of benzene rings is 2. The lowest BCUT2D eigenvalue weighted by molar-refractivity contribution is -0.384. The first-order chi connectivity index (χ1) is 20.2. The van der Waals surface area contributed by atoms with E-state index in [1.165, 1.54) is 19.4 Å². The SMILES string of the molecule is CCOc1cc([C@@H]2NC(=O)NC(C)=C2C(=O)OC)ccc1OC[C@@H](O)N/N=C/c1ccc(-c2ccccc2[N+](=O)[O-])o1. The number of aliphatic hydroxyl groups is 1. The van der Waals surface area contributed by atoms with Gasteiger partial charge in [0, 0.05) is 11.8 Å². The van der Waals surface area contributed by atoms with Gasteiger partial charge in [-0.3, -0.25) is 15.5 Å². The number of nitrogens with one attached hydrogen (secondary N) is 3. The number of furan rings is 1. The molecule has 2 heterocycles. The molecular formula is C28H29N5O9. The van der Waals surface area contributed by atoms with Crippen LogP contribution >= 0.6 is 0 Å². The molecular weight excluding hydrogens is 550 g/mol. The standard InChI is InChI=1S/C28H29N5O9/c1-4-40-23-13-17(26-25(27(35)39-3)16(2)30-28(36)31-26)9-11-22(23)41-15-24(34)32-29-14-18-10-12-21(42-18)19-7-5-6-8-20(19)33(37)38/h5-14,24,26,32,34H,4,15H2,1-3H3,(H2,30,31,36)/b29-14+/t24-,26+/m1/s1. The Labute approximate surface area is 240 Å². The molecule has 1 aromatic heterocycles. The summed E-state index contributed by atoms with van der Waals surface area (Å²) in [5, 5.41) is 30.8. The summed E-state index contributed by atoms with van der Waals surface area (Å²) in [6, 6.07) is 13.0. The van der Waals surface area contributed by atoms with Gasteiger partial charge in [-0.1, -0.05) is 18.2 Å². The molecule has 0 spiro atoms. The Hall–Kier alpha value is -5.37. The van der Waals surface area contributed by atoms with Crippen molar-refractivity contribution < 1.29 is 38.2 Å². The van der Waals surface area contributed by atoms with Crippen molar-refractivity contribution in [2.45, 2.75) is 26.1 Å². The number of amides is 2. The molecule has 0 saturated heterocycles. The van der Waals surface area contributed by atoms with Gasteiger partial charge in [-0.2, -0.15) is 5.10 Å². The number of methoxy groups -OCH3 is 1. The van der Waals surface area contributed by atoms with E-state index in [4.69, 9.17) is 18.6 Å². The van der Waals surface area contributed by atoms with Crippen LogP contribution in [-0.2, 0) is 9.53 Å². The number of hydrogen-bond acceptors (Lipinski definition) is 11. The summed E-state index contributed by atoms with van der Waals surface area (Å²) in [5.74, 6) is 0.654. The number of nitro benzene ring substituents is 1. The Morgan fingerprint density at radius 2 is 2.00 bits per heavy atom. The highest BCUT2D eigenvalue weighted by Crippen LogP contribution is 2.35. The van der Waals surface area contributed by atoms with Crippen molar-refractivity contribution in [1.82, 2.24) is 16.1 Å². The summed E-state index contributed by atoms with van der Waals surface area (Å²) >= 11 is 0. The lowest BCUT2D eigenvalue weighted by Crippen LogP contribution is -2.45. The van der Waals surface area contributed by atoms with Crippen molar-refractivity contribution in [3.05, 3.63) is 87.3 Å². The van der Waals surface area contributed by atoms with Crippen LogP contribution in [0.25, 0.3) is 11.3 Å². The zero-order valence-corrected chi connectivity index (χ0v) is 23.0. The minimum absolute atomic E-state index is 0.0866. The largest absolute Gasteiger partial charge is 0.490 e. The summed E-state index contributed by atoms with van der Waals surface area (Å²) in [7, 11) is 1.26. The first kappa shape index (κ1) is 29.6. The summed E-state index contributed by atoms with van der Waals surface area (Å²) in [6.45, 7) is 3.48. The number of carbonyl (C=O) groups excluding carboxylic acids is 2. The van der Waals surface area contributed by atoms with E-state index < -0.39 is 29.2 Å². The average molecular weight is 580 g/mol. The third-order valence-corrected chi connectivity index (χ3v) is 6.08. The highest BCUT2D eigenvalue weighted by molar-refractivity contribution is 5.95. The molecule has 2 atom stereocenters. The van der Waals surface area contributed by atoms with Crippen LogP contribution in [0.5, 0.6) is 11.5 Å². The number of aliphatic hydroxyl groups excluding tert-OH is 1. The second kappa shape index (κ2) is 13.3. The molecule has 2 aromatic carbocycles. The van der Waals surface area contributed by atoms with E-state index in [1.54, 1.807) is 62.4 Å². The Morgan fingerprint density at radius 3 is 2.74 bits per heavy atom. The Balaban J connectivity index is 1.40. The van der Waals surface area contributed by atoms with Gasteiger partial charge in [-0.15, -0.1) is 0 Å². The van der Waals surface area contributed by atoms with Gasteiger partial charge >= 0.3 is 12.0 Å². The topological polar surface area (TPSA) is 187 Å². The second-order valence-electron chi connectivity index (χ2n) is 8.89. The second-order valence-corrected chi connectivity index (χ2v) is 8.89. The summed E-state index contributed by atoms with van der Waals surface area (Å²) in [4.78, 5) is 35.3. The van der Waals surface area contributed by atoms with Crippen molar-refractivity contribution in [3.8, 4) is 22.8 Å². The van der Waals surface area contributed by atoms with Gasteiger partial charge in [0.15, 0.2) is 17.7 Å². The number of nitro groups is 1. The Kier molecular flexibility index (Phi) is 9.39. The molecule has 14 nitrogen and oxygen atoms in total. The molecule has 42 heavy (non-hydrogen) atoms. The molecule has 1 aliphatic heterocycles. The minimum atomic E-state index is -1.22. The third kappa shape index (κ3) is 6.85. The number of hydrogen-bond donors (Lipinski definition) is 4. The fraction of sp³-hybridized carbons (Fsp3) is 0.250. The molecule has 0 radical (unpaired) electrons. The molecule has 4 rings (SSSR count). The van der Waals surface area contributed by atoms with Gasteiger partial charge in [0.2, 0.25) is 0 Å². The van der Waals surface area contributed by atoms with Gasteiger partial charge in [-0.05, 0) is 49.7 Å². The van der Waals surface area contributed by atoms with Crippen molar-refractivity contribution in [2.75, 3.05) is 20.3 Å². The van der Waals surface area contributed by atoms with Gasteiger partial charge in [0.05, 0.1) is 42.0 Å². The quantitative estimate of drug-likeness (QED) is 0.0814. The summed E-state index contributed by atoms with van der Waals surface area (Å²) in [6.07, 6.45) is 0.0872. The lowest BCUT2D eigenvalue weighted by atomic mass is 9.95. The van der Waals surface area contributed by atoms with Gasteiger partial charge in [-0.25, -0.2) is 9.59 Å². The van der Waals surface area contributed by atoms with Crippen LogP contribution in [0.3, 0.4) is 0 Å². The van der Waals surface area contributed by atoms with Crippen molar-refractivity contribution in [3.63, 3.8) is 0 Å². The molecule has 0 saturated carbocycles. The summed E-state index contributed by atoms with van der Waals surface area (Å²) in [5.41, 5.74) is 3.93. The van der Waals surface area contributed by atoms with Crippen molar-refractivity contribution in [2.24, 2.45) is 5.10 Å². The zero-order valence-electron chi connectivity index (χ0n) is 23.0. The molecule has 2 amide bonds. The van der Waals surface area contributed by atoms with Crippen LogP contribution in [0.1, 0.15) is 31.2 Å². The normalized spacial score (nSPS) is 15.5. The number of rotatable bonds is 12. The number of nitrogens with zero attached hydrogens (tertiary/aromatic N) is 2. The number of hydrazone groups is 1. The van der Waals surface area contributed by atoms with E-state index in [2.05, 4.69) is 21.2 Å². The number of ether oxygens (including phenoxy) is 3. The van der Waals surface area contributed by atoms with E-state index in [9.17, 15) is 24.8 Å². The zero-order chi connectivity index (χ0) is 30.2. The Bertz CT molecular complexity index is 1530. The van der Waals surface area contributed by atoms with Gasteiger partial charge in [0.25, 0.3) is 5.69 Å². The first-order valence-electron chi connectivity index (χ1n) is 12.8. The molecule has 0 unspecified atom stereocenters. The van der Waals surface area contributed by atoms with Gasteiger partial charge < -0.3 is 34.4 Å². The average Bonchev–Trinajstić information content (AvgIpc) is 3.44. The highest BCUT2D eigenvalue weighted by atomic mass is 16.6. The lowest BCUT2D eigenvalue weighted by Gasteiger charge is -2.28. The van der Waals surface area contributed by atoms with Gasteiger partial charge in [0.1, 0.15) is 18.1 Å². The molecule has 4 N–H and O–H groups in total. The molecule has 1 aliphatic rings. The fourth-order valence-corrected chi connectivity index (χ4v) is 4.22. The maximum absolute atomic E-state index is 12.4. The van der Waals surface area contributed by atoms with Crippen LogP contribution in [0, 0.1) is 10.1 Å². The van der Waals surface area contributed by atoms with E-state index in [0.29, 0.717) is 46.5 Å². The molecule has 0 aliphatic carbocycles. The molecule has 14 heteroatoms. The Morgan fingerprint density at radius 1 is 1.21 bits per heavy atom. The fourth-order valence-electron chi connectivity index (χ4n) is 4.22. The van der Waals surface area contributed by atoms with Crippen LogP contribution in [0.2, 0.25) is 0 Å². The molecule has 0 fully saturated rings. The molecule has 220 valence electrons. The van der Waals surface area contributed by atoms with Crippen molar-refractivity contribution in [1.29, 1.82) is 0 Å². The van der Waals surface area contributed by atoms with Crippen LogP contribution in [0.15, 0.2) is 75.4 Å². The van der Waals surface area contributed by atoms with Crippen molar-refractivity contribution >= 4 is 23.9 Å². The smallest absolute Gasteiger partial charge is 0.337 e. The molecule has 0 bridgehead atoms. The molecule has 3 aromatic rings. The predicted octanol–water partition coefficient (Wildman–Crippen LogP) is 3.38. The summed E-state index contributed by atoms with van der Waals surface area (Å²) < 4.78 is 22.0. The number of carbonyl (C=O) groups is 2. The minimum Gasteiger partial charge on any atom is -0.490 e. The number of urea groups is 1. The third-order valence-electron chi connectivity index (χ3n) is 6.08. The van der Waals surface area contributed by atoms with E-state index >= 15 is 0 Å². The number of allylic oxidation sites excluding steroid dienone is 1. The van der Waals surface area contributed by atoms with E-state index in [0.717, 1.165) is 0 Å². The first-order valence-corrected chi connectivity index (χ1v) is 12.8. The predicted molar refractivity (Wildman–Crippen MR) is 150 cm³/mol. The van der Waals surface area contributed by atoms with Crippen LogP contribution in [-0.4, -0.2) is 54.8 Å². The van der Waals surface area contributed by atoms with Crippen LogP contribution in [0.4, 0.5) is 10.5 Å². The van der Waals surface area contributed by atoms with E-state index in [1.807, 2.05) is 0 Å². The maximum Gasteiger partial charge on any atom is 0.337 e. The maximum atomic E-state index is 12.4. The van der Waals surface area contributed by atoms with E-state index in [-0.39, 0.29) is 17.9 Å². The van der Waals surface area contributed by atoms with Crippen LogP contribution < -0.4 is 25.5 Å². The number of para-hydroxylation sites is 1.